The van der Waals surface area contributed by atoms with Crippen LogP contribution in [0, 0.1) is 0 Å². The van der Waals surface area contributed by atoms with Crippen LogP contribution in [0.3, 0.4) is 0 Å². The minimum absolute atomic E-state index is 0.912. The topological polar surface area (TPSA) is 13.1 Å². The molecule has 0 aliphatic carbocycles. The lowest BCUT2D eigenvalue weighted by Gasteiger charge is -2.21. The highest BCUT2D eigenvalue weighted by Crippen LogP contribution is 2.49. The monoisotopic (exact) mass is 620 g/mol. The maximum absolute atomic E-state index is 6.42. The van der Waals surface area contributed by atoms with Gasteiger partial charge < -0.3 is 4.42 Å². The second-order valence-corrected chi connectivity index (χ2v) is 13.2. The first kappa shape index (κ1) is 26.6. The van der Waals surface area contributed by atoms with Crippen molar-refractivity contribution in [1.82, 2.24) is 0 Å². The van der Waals surface area contributed by atoms with Crippen LogP contribution in [0.25, 0.3) is 109 Å². The number of benzene rings is 10. The van der Waals surface area contributed by atoms with Crippen LogP contribution in [-0.4, -0.2) is 0 Å². The van der Waals surface area contributed by atoms with Gasteiger partial charge in [-0.05, 0) is 111 Å². The lowest BCUT2D eigenvalue weighted by Crippen LogP contribution is -1.93. The molecule has 0 aliphatic rings. The van der Waals surface area contributed by atoms with Crippen molar-refractivity contribution >= 4 is 86.6 Å². The predicted molar refractivity (Wildman–Crippen MR) is 210 cm³/mol. The summed E-state index contributed by atoms with van der Waals surface area (Å²) in [6.45, 7) is 0. The summed E-state index contributed by atoms with van der Waals surface area (Å²) in [4.78, 5) is 0. The first-order valence-electron chi connectivity index (χ1n) is 16.9. The Morgan fingerprint density at radius 1 is 0.265 bits per heavy atom. The Kier molecular flexibility index (Phi) is 5.45. The van der Waals surface area contributed by atoms with Gasteiger partial charge in [-0.25, -0.2) is 0 Å². The van der Waals surface area contributed by atoms with E-state index in [1.165, 1.54) is 92.3 Å². The van der Waals surface area contributed by atoms with E-state index in [4.69, 9.17) is 4.42 Å². The highest BCUT2D eigenvalue weighted by atomic mass is 16.3. The fourth-order valence-corrected chi connectivity index (χ4v) is 8.50. The van der Waals surface area contributed by atoms with Crippen molar-refractivity contribution in [3.05, 3.63) is 170 Å². The molecule has 11 aromatic rings. The van der Waals surface area contributed by atoms with Gasteiger partial charge in [-0.2, -0.15) is 0 Å². The molecule has 0 saturated carbocycles. The molecular formula is C48H28O. The Balaban J connectivity index is 1.29. The second kappa shape index (κ2) is 10.0. The van der Waals surface area contributed by atoms with E-state index in [9.17, 15) is 0 Å². The molecular weight excluding hydrogens is 593 g/mol. The molecule has 0 N–H and O–H groups in total. The van der Waals surface area contributed by atoms with Gasteiger partial charge in [-0.3, -0.25) is 0 Å². The summed E-state index contributed by atoms with van der Waals surface area (Å²) in [5, 5.41) is 17.4. The molecule has 1 heteroatoms. The zero-order valence-corrected chi connectivity index (χ0v) is 26.6. The summed E-state index contributed by atoms with van der Waals surface area (Å²) in [5.74, 6) is 0. The summed E-state index contributed by atoms with van der Waals surface area (Å²) in [7, 11) is 0. The molecule has 11 rings (SSSR count). The van der Waals surface area contributed by atoms with Crippen molar-refractivity contribution in [2.24, 2.45) is 0 Å². The second-order valence-electron chi connectivity index (χ2n) is 13.2. The van der Waals surface area contributed by atoms with Crippen molar-refractivity contribution in [1.29, 1.82) is 0 Å². The van der Waals surface area contributed by atoms with Crippen molar-refractivity contribution in [3.8, 4) is 22.3 Å². The van der Waals surface area contributed by atoms with Gasteiger partial charge in [0.05, 0.1) is 0 Å². The van der Waals surface area contributed by atoms with Crippen LogP contribution < -0.4 is 0 Å². The predicted octanol–water partition coefficient (Wildman–Crippen LogP) is 13.8. The van der Waals surface area contributed by atoms with Gasteiger partial charge in [-0.15, -0.1) is 0 Å². The third kappa shape index (κ3) is 3.76. The SMILES string of the molecule is c1ccc2c(-c3c4ccccc4c(-c4ccc5oc6ccc7ccccc7c6c5c4)c4ccccc34)c3ccc4ccccc4c3cc2c1. The standard InChI is InChI=1S/C48H28O/c1-4-14-33-29(11-1)21-24-40-41(33)27-31-13-3-6-16-35(31)47(40)48-38-19-9-7-17-36(38)45(37-18-8-10-20-39(37)48)32-23-25-43-42(28-32)46-34-15-5-2-12-30(34)22-26-44(46)49-43/h1-28H. The normalized spacial score (nSPS) is 12.1. The molecule has 0 bridgehead atoms. The molecule has 1 heterocycles. The van der Waals surface area contributed by atoms with E-state index in [0.29, 0.717) is 0 Å². The lowest BCUT2D eigenvalue weighted by atomic mass is 9.82. The highest BCUT2D eigenvalue weighted by Gasteiger charge is 2.21. The van der Waals surface area contributed by atoms with Crippen LogP contribution in [0.4, 0.5) is 0 Å². The van der Waals surface area contributed by atoms with Gasteiger partial charge in [-0.1, -0.05) is 146 Å². The van der Waals surface area contributed by atoms with Crippen LogP contribution in [-0.2, 0) is 0 Å². The molecule has 1 aromatic heterocycles. The van der Waals surface area contributed by atoms with Gasteiger partial charge in [0.15, 0.2) is 0 Å². The molecule has 0 saturated heterocycles. The molecule has 0 radical (unpaired) electrons. The minimum Gasteiger partial charge on any atom is -0.456 e. The van der Waals surface area contributed by atoms with Gasteiger partial charge in [0.25, 0.3) is 0 Å². The Labute approximate surface area is 282 Å². The van der Waals surface area contributed by atoms with Gasteiger partial charge in [0.2, 0.25) is 0 Å². The van der Waals surface area contributed by atoms with Crippen LogP contribution in [0.5, 0.6) is 0 Å². The summed E-state index contributed by atoms with van der Waals surface area (Å²) in [5.41, 5.74) is 6.85. The van der Waals surface area contributed by atoms with Crippen molar-refractivity contribution in [2.75, 3.05) is 0 Å². The minimum atomic E-state index is 0.912. The molecule has 49 heavy (non-hydrogen) atoms. The largest absolute Gasteiger partial charge is 0.456 e. The summed E-state index contributed by atoms with van der Waals surface area (Å²) in [6, 6.07) is 62.2. The smallest absolute Gasteiger partial charge is 0.136 e. The third-order valence-corrected chi connectivity index (χ3v) is 10.6. The fraction of sp³-hybridized carbons (Fsp3) is 0. The number of rotatable bonds is 2. The number of hydrogen-bond donors (Lipinski definition) is 0. The Hall–Kier alpha value is -6.44. The molecule has 0 unspecified atom stereocenters. The van der Waals surface area contributed by atoms with Crippen molar-refractivity contribution in [3.63, 3.8) is 0 Å². The molecule has 226 valence electrons. The summed E-state index contributed by atoms with van der Waals surface area (Å²) < 4.78 is 6.42. The average molecular weight is 621 g/mol. The van der Waals surface area contributed by atoms with E-state index in [1.807, 2.05) is 0 Å². The summed E-state index contributed by atoms with van der Waals surface area (Å²) >= 11 is 0. The maximum Gasteiger partial charge on any atom is 0.136 e. The first-order valence-corrected chi connectivity index (χ1v) is 16.9. The van der Waals surface area contributed by atoms with Crippen LogP contribution in [0.15, 0.2) is 174 Å². The van der Waals surface area contributed by atoms with E-state index in [2.05, 4.69) is 170 Å². The summed E-state index contributed by atoms with van der Waals surface area (Å²) in [6.07, 6.45) is 0. The van der Waals surface area contributed by atoms with Crippen molar-refractivity contribution in [2.45, 2.75) is 0 Å². The molecule has 0 spiro atoms. The number of hydrogen-bond acceptors (Lipinski definition) is 1. The van der Waals surface area contributed by atoms with E-state index in [1.54, 1.807) is 0 Å². The molecule has 10 aromatic carbocycles. The maximum atomic E-state index is 6.42. The highest BCUT2D eigenvalue weighted by molar-refractivity contribution is 6.29. The van der Waals surface area contributed by atoms with Gasteiger partial charge in [0, 0.05) is 10.8 Å². The van der Waals surface area contributed by atoms with E-state index in [-0.39, 0.29) is 0 Å². The van der Waals surface area contributed by atoms with Gasteiger partial charge in [0.1, 0.15) is 11.2 Å². The Bertz CT molecular complexity index is 3100. The van der Waals surface area contributed by atoms with Crippen LogP contribution in [0.1, 0.15) is 0 Å². The molecule has 0 amide bonds. The molecule has 0 aliphatic heterocycles. The van der Waals surface area contributed by atoms with E-state index in [0.717, 1.165) is 16.6 Å². The molecule has 1 nitrogen and oxygen atoms in total. The van der Waals surface area contributed by atoms with E-state index < -0.39 is 0 Å². The zero-order chi connectivity index (χ0) is 32.1. The van der Waals surface area contributed by atoms with Gasteiger partial charge >= 0.3 is 0 Å². The average Bonchev–Trinajstić information content (AvgIpc) is 3.55. The van der Waals surface area contributed by atoms with Crippen LogP contribution in [0.2, 0.25) is 0 Å². The fourth-order valence-electron chi connectivity index (χ4n) is 8.50. The number of furan rings is 1. The molecule has 0 fully saturated rings. The lowest BCUT2D eigenvalue weighted by molar-refractivity contribution is 0.669. The number of fused-ring (bicyclic) bond motifs is 11. The Morgan fingerprint density at radius 2 is 0.755 bits per heavy atom. The Morgan fingerprint density at radius 3 is 1.47 bits per heavy atom. The van der Waals surface area contributed by atoms with Crippen LogP contribution >= 0.6 is 0 Å². The first-order chi connectivity index (χ1) is 24.3. The quantitative estimate of drug-likeness (QED) is 0.138. The molecule has 0 atom stereocenters. The zero-order valence-electron chi connectivity index (χ0n) is 26.6. The van der Waals surface area contributed by atoms with E-state index >= 15 is 0 Å². The van der Waals surface area contributed by atoms with Crippen molar-refractivity contribution < 1.29 is 4.42 Å². The third-order valence-electron chi connectivity index (χ3n) is 10.6.